The van der Waals surface area contributed by atoms with Crippen molar-refractivity contribution in [3.8, 4) is 0 Å². The molecule has 0 spiro atoms. The fourth-order valence-electron chi connectivity index (χ4n) is 2.19. The first-order valence-corrected chi connectivity index (χ1v) is 6.76. The number of hydrogen-bond donors (Lipinski definition) is 2. The van der Waals surface area contributed by atoms with Crippen LogP contribution in [0.25, 0.3) is 0 Å². The van der Waals surface area contributed by atoms with E-state index in [1.165, 1.54) is 0 Å². The number of nitrogens with zero attached hydrogens (tertiary/aromatic N) is 3. The summed E-state index contributed by atoms with van der Waals surface area (Å²) in [5.74, 6) is 2.15. The summed E-state index contributed by atoms with van der Waals surface area (Å²) in [6.45, 7) is 5.26. The molecule has 0 bridgehead atoms. The number of aromatic nitrogens is 2. The quantitative estimate of drug-likeness (QED) is 0.829. The maximum atomic E-state index is 9.13. The minimum Gasteiger partial charge on any atom is -0.396 e. The summed E-state index contributed by atoms with van der Waals surface area (Å²) in [5.41, 5.74) is 0. The lowest BCUT2D eigenvalue weighted by Gasteiger charge is -2.31. The van der Waals surface area contributed by atoms with Crippen LogP contribution in [0.3, 0.4) is 0 Å². The summed E-state index contributed by atoms with van der Waals surface area (Å²) < 4.78 is 0. The molecule has 1 aliphatic rings. The fraction of sp³-hybridized carbons (Fsp3) is 0.692. The molecule has 1 aliphatic heterocycles. The van der Waals surface area contributed by atoms with Gasteiger partial charge in [-0.3, -0.25) is 0 Å². The van der Waals surface area contributed by atoms with E-state index in [1.54, 1.807) is 6.20 Å². The number of aliphatic hydroxyl groups excluding tert-OH is 1. The number of nitrogens with one attached hydrogen (secondary N) is 1. The summed E-state index contributed by atoms with van der Waals surface area (Å²) in [4.78, 5) is 11.0. The second-order valence-electron chi connectivity index (χ2n) is 4.78. The summed E-state index contributed by atoms with van der Waals surface area (Å²) in [6, 6.07) is 1.95. The lowest BCUT2D eigenvalue weighted by molar-refractivity contribution is 0.203. The van der Waals surface area contributed by atoms with Gasteiger partial charge in [0.15, 0.2) is 0 Å². The van der Waals surface area contributed by atoms with Crippen molar-refractivity contribution in [1.29, 1.82) is 0 Å². The van der Waals surface area contributed by atoms with Crippen LogP contribution in [0.5, 0.6) is 0 Å². The van der Waals surface area contributed by atoms with Crippen LogP contribution >= 0.6 is 0 Å². The highest BCUT2D eigenvalue weighted by Crippen LogP contribution is 2.21. The van der Waals surface area contributed by atoms with Crippen molar-refractivity contribution in [2.24, 2.45) is 5.92 Å². The van der Waals surface area contributed by atoms with Crippen molar-refractivity contribution < 1.29 is 5.11 Å². The van der Waals surface area contributed by atoms with Crippen molar-refractivity contribution in [3.63, 3.8) is 0 Å². The van der Waals surface area contributed by atoms with Gasteiger partial charge < -0.3 is 15.3 Å². The van der Waals surface area contributed by atoms with E-state index in [4.69, 9.17) is 5.11 Å². The van der Waals surface area contributed by atoms with Gasteiger partial charge in [-0.2, -0.15) is 4.98 Å². The van der Waals surface area contributed by atoms with Crippen LogP contribution in [0, 0.1) is 5.92 Å². The molecular weight excluding hydrogens is 228 g/mol. The van der Waals surface area contributed by atoms with Gasteiger partial charge in [-0.1, -0.05) is 6.92 Å². The minimum atomic E-state index is 0.306. The molecular formula is C13H22N4O. The van der Waals surface area contributed by atoms with Crippen molar-refractivity contribution in [2.75, 3.05) is 36.5 Å². The average molecular weight is 250 g/mol. The van der Waals surface area contributed by atoms with Gasteiger partial charge in [-0.25, -0.2) is 4.98 Å². The molecule has 2 heterocycles. The average Bonchev–Trinajstić information content (AvgIpc) is 2.45. The van der Waals surface area contributed by atoms with E-state index < -0.39 is 0 Å². The first-order valence-electron chi connectivity index (χ1n) is 6.76. The molecule has 5 nitrogen and oxygen atoms in total. The largest absolute Gasteiger partial charge is 0.396 e. The molecule has 1 aromatic rings. The van der Waals surface area contributed by atoms with Crippen LogP contribution in [0.4, 0.5) is 11.8 Å². The number of piperidine rings is 1. The van der Waals surface area contributed by atoms with E-state index >= 15 is 0 Å². The highest BCUT2D eigenvalue weighted by atomic mass is 16.3. The molecule has 1 aromatic heterocycles. The zero-order valence-electron chi connectivity index (χ0n) is 11.0. The maximum Gasteiger partial charge on any atom is 0.224 e. The lowest BCUT2D eigenvalue weighted by Crippen LogP contribution is -2.35. The summed E-state index contributed by atoms with van der Waals surface area (Å²) >= 11 is 0. The Balaban J connectivity index is 1.96. The molecule has 18 heavy (non-hydrogen) atoms. The van der Waals surface area contributed by atoms with Crippen molar-refractivity contribution in [1.82, 2.24) is 9.97 Å². The van der Waals surface area contributed by atoms with Gasteiger partial charge in [0.05, 0.1) is 0 Å². The molecule has 0 radical (unpaired) electrons. The first kappa shape index (κ1) is 13.1. The van der Waals surface area contributed by atoms with Gasteiger partial charge in [0.2, 0.25) is 5.95 Å². The second-order valence-corrected chi connectivity index (χ2v) is 4.78. The molecule has 1 fully saturated rings. The number of aliphatic hydroxyl groups is 1. The molecule has 0 saturated carbocycles. The summed E-state index contributed by atoms with van der Waals surface area (Å²) in [5, 5.41) is 12.3. The van der Waals surface area contributed by atoms with Crippen LogP contribution in [0.2, 0.25) is 0 Å². The monoisotopic (exact) mass is 250 g/mol. The standard InChI is InChI=1S/C13H22N4O/c1-2-6-14-13-15-7-3-12(16-13)17-8-4-11(10-18)5-9-17/h3,7,11,18H,2,4-6,8-10H2,1H3,(H,14,15,16). The Morgan fingerprint density at radius 1 is 1.44 bits per heavy atom. The van der Waals surface area contributed by atoms with Crippen LogP contribution in [0.15, 0.2) is 12.3 Å². The van der Waals surface area contributed by atoms with E-state index in [-0.39, 0.29) is 0 Å². The Morgan fingerprint density at radius 2 is 2.22 bits per heavy atom. The number of anilines is 2. The van der Waals surface area contributed by atoms with Gasteiger partial charge in [0.1, 0.15) is 5.82 Å². The number of rotatable bonds is 5. The number of hydrogen-bond acceptors (Lipinski definition) is 5. The molecule has 2 N–H and O–H groups in total. The van der Waals surface area contributed by atoms with E-state index in [1.807, 2.05) is 6.07 Å². The van der Waals surface area contributed by atoms with E-state index in [9.17, 15) is 0 Å². The highest BCUT2D eigenvalue weighted by Gasteiger charge is 2.19. The molecule has 0 aliphatic carbocycles. The van der Waals surface area contributed by atoms with Gasteiger partial charge in [0, 0.05) is 32.4 Å². The minimum absolute atomic E-state index is 0.306. The molecule has 2 rings (SSSR count). The molecule has 100 valence electrons. The van der Waals surface area contributed by atoms with Gasteiger partial charge in [-0.05, 0) is 31.2 Å². The van der Waals surface area contributed by atoms with Gasteiger partial charge >= 0.3 is 0 Å². The maximum absolute atomic E-state index is 9.13. The van der Waals surface area contributed by atoms with Crippen molar-refractivity contribution in [2.45, 2.75) is 26.2 Å². The van der Waals surface area contributed by atoms with Crippen LogP contribution < -0.4 is 10.2 Å². The normalized spacial score (nSPS) is 16.9. The van der Waals surface area contributed by atoms with Gasteiger partial charge in [-0.15, -0.1) is 0 Å². The lowest BCUT2D eigenvalue weighted by atomic mass is 9.98. The SMILES string of the molecule is CCCNc1nccc(N2CCC(CO)CC2)n1. The predicted molar refractivity (Wildman–Crippen MR) is 72.8 cm³/mol. The Bertz CT molecular complexity index is 364. The Kier molecular flexibility index (Phi) is 4.75. The van der Waals surface area contributed by atoms with E-state index in [0.717, 1.165) is 44.7 Å². The fourth-order valence-corrected chi connectivity index (χ4v) is 2.19. The smallest absolute Gasteiger partial charge is 0.224 e. The van der Waals surface area contributed by atoms with Crippen molar-refractivity contribution in [3.05, 3.63) is 12.3 Å². The van der Waals surface area contributed by atoms with Crippen molar-refractivity contribution >= 4 is 11.8 Å². The third-order valence-electron chi connectivity index (χ3n) is 3.37. The predicted octanol–water partition coefficient (Wildman–Crippen LogP) is 1.51. The first-order chi connectivity index (χ1) is 8.83. The zero-order chi connectivity index (χ0) is 12.8. The van der Waals surface area contributed by atoms with Gasteiger partial charge in [0.25, 0.3) is 0 Å². The van der Waals surface area contributed by atoms with Crippen LogP contribution in [-0.2, 0) is 0 Å². The Labute approximate surface area is 108 Å². The highest BCUT2D eigenvalue weighted by molar-refractivity contribution is 5.42. The van der Waals surface area contributed by atoms with Crippen LogP contribution in [-0.4, -0.2) is 41.3 Å². The summed E-state index contributed by atoms with van der Waals surface area (Å²) in [7, 11) is 0. The topological polar surface area (TPSA) is 61.3 Å². The van der Waals surface area contributed by atoms with E-state index in [2.05, 4.69) is 27.1 Å². The Morgan fingerprint density at radius 3 is 2.89 bits per heavy atom. The molecule has 5 heteroatoms. The Hall–Kier alpha value is -1.36. The molecule has 0 atom stereocenters. The van der Waals surface area contributed by atoms with E-state index in [0.29, 0.717) is 18.5 Å². The second kappa shape index (κ2) is 6.54. The third kappa shape index (κ3) is 3.32. The third-order valence-corrected chi connectivity index (χ3v) is 3.37. The molecule has 0 unspecified atom stereocenters. The van der Waals surface area contributed by atoms with Crippen LogP contribution in [0.1, 0.15) is 26.2 Å². The molecule has 0 amide bonds. The molecule has 1 saturated heterocycles. The zero-order valence-corrected chi connectivity index (χ0v) is 11.0. The molecule has 0 aromatic carbocycles. The summed E-state index contributed by atoms with van der Waals surface area (Å²) in [6.07, 6.45) is 4.95.